The number of aliphatic hydroxyl groups is 1. The van der Waals surface area contributed by atoms with Gasteiger partial charge in [0.15, 0.2) is 5.60 Å². The molecule has 0 radical (unpaired) electrons. The molecule has 2 aromatic carbocycles. The predicted octanol–water partition coefficient (Wildman–Crippen LogP) is 5.02. The highest BCUT2D eigenvalue weighted by atomic mass is 35.5. The number of aromatic hydroxyl groups is 1. The number of aliphatic hydroxyl groups excluding tert-OH is 1. The number of phenols is 1. The van der Waals surface area contributed by atoms with Crippen LogP contribution in [0, 0.1) is 5.92 Å². The van der Waals surface area contributed by atoms with E-state index in [9.17, 15) is 15.0 Å². The lowest BCUT2D eigenvalue weighted by molar-refractivity contribution is 0.0165. The van der Waals surface area contributed by atoms with Crippen molar-refractivity contribution >= 4 is 40.8 Å². The first-order valence-electron chi connectivity index (χ1n) is 8.77. The number of allylic oxidation sites excluding steroid dienone is 2. The molecule has 0 saturated heterocycles. The van der Waals surface area contributed by atoms with E-state index in [1.54, 1.807) is 24.3 Å². The SMILES string of the molecule is O=C1OC2(C3=C(C=C(O)C(Cl)C3CCl)Oc3cc(O)c(Cl)cc32)c2ccccc21. The molecule has 0 aromatic heterocycles. The second kappa shape index (κ2) is 6.33. The van der Waals surface area contributed by atoms with Crippen molar-refractivity contribution in [3.8, 4) is 11.5 Å². The second-order valence-electron chi connectivity index (χ2n) is 7.03. The van der Waals surface area contributed by atoms with Crippen LogP contribution in [0.5, 0.6) is 11.5 Å². The van der Waals surface area contributed by atoms with Crippen LogP contribution in [-0.4, -0.2) is 27.4 Å². The molecule has 0 saturated carbocycles. The lowest BCUT2D eigenvalue weighted by Gasteiger charge is -2.43. The van der Waals surface area contributed by atoms with E-state index in [-0.39, 0.29) is 33.9 Å². The van der Waals surface area contributed by atoms with Gasteiger partial charge >= 0.3 is 5.97 Å². The number of fused-ring (bicyclic) bond motifs is 5. The Hall–Kier alpha value is -2.34. The molecular formula is C21H13Cl3O5. The van der Waals surface area contributed by atoms with Crippen molar-refractivity contribution < 1.29 is 24.5 Å². The average Bonchev–Trinajstić information content (AvgIpc) is 2.99. The quantitative estimate of drug-likeness (QED) is 0.470. The lowest BCUT2D eigenvalue weighted by atomic mass is 9.70. The highest BCUT2D eigenvalue weighted by Gasteiger charge is 2.58. The van der Waals surface area contributed by atoms with Crippen molar-refractivity contribution in [2.45, 2.75) is 11.0 Å². The standard InChI is InChI=1S/C21H13Cl3O5/c22-8-10-18-17(7-15(26)19(10)24)28-16-6-14(25)13(23)5-12(16)21(18)11-4-2-1-3-9(11)20(27)29-21/h1-7,10,19,25-26H,8H2. The van der Waals surface area contributed by atoms with Crippen molar-refractivity contribution in [2.24, 2.45) is 5.92 Å². The van der Waals surface area contributed by atoms with Crippen LogP contribution in [0.2, 0.25) is 5.02 Å². The van der Waals surface area contributed by atoms with E-state index < -0.39 is 22.9 Å². The Balaban J connectivity index is 1.91. The Labute approximate surface area is 180 Å². The lowest BCUT2D eigenvalue weighted by Crippen LogP contribution is -2.43. The van der Waals surface area contributed by atoms with Crippen molar-refractivity contribution in [1.29, 1.82) is 0 Å². The molecule has 5 nitrogen and oxygen atoms in total. The van der Waals surface area contributed by atoms with Gasteiger partial charge in [0.05, 0.1) is 16.0 Å². The number of hydrogen-bond acceptors (Lipinski definition) is 5. The van der Waals surface area contributed by atoms with Gasteiger partial charge in [0.2, 0.25) is 0 Å². The van der Waals surface area contributed by atoms with Gasteiger partial charge in [0, 0.05) is 40.6 Å². The molecule has 0 fully saturated rings. The number of carbonyl (C=O) groups is 1. The third-order valence-corrected chi connectivity index (χ3v) is 6.68. The van der Waals surface area contributed by atoms with Gasteiger partial charge in [-0.2, -0.15) is 0 Å². The van der Waals surface area contributed by atoms with Crippen LogP contribution in [0.3, 0.4) is 0 Å². The van der Waals surface area contributed by atoms with Gasteiger partial charge < -0.3 is 19.7 Å². The zero-order valence-electron chi connectivity index (χ0n) is 14.7. The maximum Gasteiger partial charge on any atom is 0.340 e. The van der Waals surface area contributed by atoms with Crippen LogP contribution in [0.25, 0.3) is 0 Å². The fraction of sp³-hybridized carbons (Fsp3) is 0.190. The summed E-state index contributed by atoms with van der Waals surface area (Å²) in [5.74, 6) is -0.817. The highest BCUT2D eigenvalue weighted by molar-refractivity contribution is 6.32. The van der Waals surface area contributed by atoms with Crippen molar-refractivity contribution in [3.05, 3.63) is 81.3 Å². The third-order valence-electron chi connectivity index (χ3n) is 5.52. The fourth-order valence-electron chi connectivity index (χ4n) is 4.28. The van der Waals surface area contributed by atoms with Crippen LogP contribution in [-0.2, 0) is 10.3 Å². The molecule has 2 aliphatic heterocycles. The van der Waals surface area contributed by atoms with Crippen molar-refractivity contribution in [2.75, 3.05) is 5.88 Å². The van der Waals surface area contributed by atoms with Gasteiger partial charge in [0.25, 0.3) is 0 Å². The third kappa shape index (κ3) is 2.38. The smallest absolute Gasteiger partial charge is 0.340 e. The minimum atomic E-state index is -1.39. The summed E-state index contributed by atoms with van der Waals surface area (Å²) in [5, 5.41) is 19.7. The fourth-order valence-corrected chi connectivity index (χ4v) is 5.15. The molecule has 2 aromatic rings. The molecule has 0 bridgehead atoms. The van der Waals surface area contributed by atoms with E-state index in [0.29, 0.717) is 22.3 Å². The number of benzene rings is 2. The van der Waals surface area contributed by atoms with E-state index in [1.165, 1.54) is 18.2 Å². The van der Waals surface area contributed by atoms with E-state index in [0.717, 1.165) is 0 Å². The number of carbonyl (C=O) groups excluding carboxylic acids is 1. The van der Waals surface area contributed by atoms with Crippen LogP contribution in [0.1, 0.15) is 21.5 Å². The minimum Gasteiger partial charge on any atom is -0.511 e. The van der Waals surface area contributed by atoms with Gasteiger partial charge in [-0.15, -0.1) is 23.2 Å². The first-order chi connectivity index (χ1) is 13.9. The summed E-state index contributed by atoms with van der Waals surface area (Å²) in [6.45, 7) is 0. The Kier molecular flexibility index (Phi) is 4.07. The Bertz CT molecular complexity index is 1140. The maximum absolute atomic E-state index is 12.8. The zero-order chi connectivity index (χ0) is 20.5. The van der Waals surface area contributed by atoms with E-state index in [1.807, 2.05) is 0 Å². The normalized spacial score (nSPS) is 27.0. The highest BCUT2D eigenvalue weighted by Crippen LogP contribution is 2.58. The van der Waals surface area contributed by atoms with Crippen LogP contribution in [0.4, 0.5) is 0 Å². The molecule has 1 spiro atoms. The van der Waals surface area contributed by atoms with Crippen molar-refractivity contribution in [3.63, 3.8) is 0 Å². The van der Waals surface area contributed by atoms with Gasteiger partial charge in [-0.3, -0.25) is 0 Å². The topological polar surface area (TPSA) is 76.0 Å². The number of halogens is 3. The molecule has 0 amide bonds. The summed E-state index contributed by atoms with van der Waals surface area (Å²) in [6.07, 6.45) is 1.39. The second-order valence-corrected chi connectivity index (χ2v) is 8.21. The molecule has 3 atom stereocenters. The molecule has 1 aliphatic carbocycles. The Morgan fingerprint density at radius 3 is 2.66 bits per heavy atom. The molecule has 29 heavy (non-hydrogen) atoms. The van der Waals surface area contributed by atoms with Gasteiger partial charge in [0.1, 0.15) is 23.0 Å². The number of esters is 1. The van der Waals surface area contributed by atoms with Gasteiger partial charge in [-0.25, -0.2) is 4.79 Å². The summed E-state index contributed by atoms with van der Waals surface area (Å²) in [4.78, 5) is 12.8. The molecule has 5 rings (SSSR count). The van der Waals surface area contributed by atoms with Gasteiger partial charge in [-0.05, 0) is 12.1 Å². The molecule has 3 unspecified atom stereocenters. The largest absolute Gasteiger partial charge is 0.511 e. The monoisotopic (exact) mass is 450 g/mol. The number of phenolic OH excluding ortho intramolecular Hbond substituents is 1. The first kappa shape index (κ1) is 18.7. The van der Waals surface area contributed by atoms with Crippen LogP contribution < -0.4 is 4.74 Å². The minimum absolute atomic E-state index is 0.0525. The molecule has 148 valence electrons. The van der Waals surface area contributed by atoms with Gasteiger partial charge in [-0.1, -0.05) is 29.8 Å². The van der Waals surface area contributed by atoms with Crippen LogP contribution in [0.15, 0.2) is 59.6 Å². The zero-order valence-corrected chi connectivity index (χ0v) is 16.9. The molecule has 2 heterocycles. The summed E-state index contributed by atoms with van der Waals surface area (Å²) in [7, 11) is 0. The first-order valence-corrected chi connectivity index (χ1v) is 10.1. The van der Waals surface area contributed by atoms with E-state index in [2.05, 4.69) is 0 Å². The summed E-state index contributed by atoms with van der Waals surface area (Å²) in [5.41, 5.74) is 0.578. The number of rotatable bonds is 1. The Morgan fingerprint density at radius 2 is 1.90 bits per heavy atom. The van der Waals surface area contributed by atoms with Crippen molar-refractivity contribution in [1.82, 2.24) is 0 Å². The Morgan fingerprint density at radius 1 is 1.14 bits per heavy atom. The van der Waals surface area contributed by atoms with E-state index in [4.69, 9.17) is 44.3 Å². The number of alkyl halides is 2. The molecule has 2 N–H and O–H groups in total. The van der Waals surface area contributed by atoms with Crippen LogP contribution >= 0.6 is 34.8 Å². The average molecular weight is 452 g/mol. The summed E-state index contributed by atoms with van der Waals surface area (Å²) < 4.78 is 12.0. The number of ether oxygens (including phenoxy) is 2. The predicted molar refractivity (Wildman–Crippen MR) is 108 cm³/mol. The van der Waals surface area contributed by atoms with E-state index >= 15 is 0 Å². The molecule has 8 heteroatoms. The molecular weight excluding hydrogens is 439 g/mol. The maximum atomic E-state index is 12.8. The number of hydrogen-bond donors (Lipinski definition) is 2. The summed E-state index contributed by atoms with van der Waals surface area (Å²) >= 11 is 18.9. The molecule has 3 aliphatic rings. The summed E-state index contributed by atoms with van der Waals surface area (Å²) in [6, 6.07) is 9.86.